The number of hydrogen-bond donors (Lipinski definition) is 0. The molecule has 0 aliphatic heterocycles. The lowest BCUT2D eigenvalue weighted by molar-refractivity contribution is -0.274. The van der Waals surface area contributed by atoms with Gasteiger partial charge in [0.25, 0.3) is 0 Å². The zero-order valence-electron chi connectivity index (χ0n) is 14.6. The van der Waals surface area contributed by atoms with E-state index in [0.717, 1.165) is 12.1 Å². The topological polar surface area (TPSA) is 61.8 Å². The molecule has 2 aromatic carbocycles. The molecule has 8 heteroatoms. The fourth-order valence-corrected chi connectivity index (χ4v) is 2.34. The molecule has 0 fully saturated rings. The fraction of sp³-hybridized carbons (Fsp3) is 0.263. The molecule has 2 rings (SSSR count). The molecule has 0 aromatic heterocycles. The monoisotopic (exact) mass is 382 g/mol. The van der Waals surface area contributed by atoms with Crippen molar-refractivity contribution < 1.29 is 37.0 Å². The zero-order chi connectivity index (χ0) is 20.0. The van der Waals surface area contributed by atoms with Crippen molar-refractivity contribution in [1.29, 1.82) is 0 Å². The predicted molar refractivity (Wildman–Crippen MR) is 89.7 cm³/mol. The molecule has 0 aliphatic rings. The van der Waals surface area contributed by atoms with E-state index in [-0.39, 0.29) is 18.1 Å². The number of carbonyl (C=O) groups excluding carboxylic acids is 2. The van der Waals surface area contributed by atoms with Crippen LogP contribution in [0.1, 0.15) is 25.3 Å². The van der Waals surface area contributed by atoms with Crippen molar-refractivity contribution >= 4 is 11.8 Å². The Hall–Kier alpha value is -3.03. The van der Waals surface area contributed by atoms with E-state index in [1.54, 1.807) is 31.2 Å². The quantitative estimate of drug-likeness (QED) is 0.517. The summed E-state index contributed by atoms with van der Waals surface area (Å²) in [5.41, 5.74) is 0.460. The molecular weight excluding hydrogens is 365 g/mol. The van der Waals surface area contributed by atoms with E-state index in [9.17, 15) is 22.8 Å². The Kier molecular flexibility index (Phi) is 6.44. The molecule has 144 valence electrons. The highest BCUT2D eigenvalue weighted by atomic mass is 19.4. The van der Waals surface area contributed by atoms with Crippen molar-refractivity contribution in [3.8, 4) is 17.2 Å². The number of ether oxygens (including phenoxy) is 3. The van der Waals surface area contributed by atoms with Gasteiger partial charge in [-0.15, -0.1) is 13.2 Å². The van der Waals surface area contributed by atoms with Gasteiger partial charge in [0.05, 0.1) is 6.61 Å². The van der Waals surface area contributed by atoms with Crippen LogP contribution in [0.2, 0.25) is 0 Å². The van der Waals surface area contributed by atoms with Gasteiger partial charge in [0.15, 0.2) is 0 Å². The first-order chi connectivity index (χ1) is 12.7. The lowest BCUT2D eigenvalue weighted by atomic mass is 9.95. The SMILES string of the molecule is CCOC(=O)C(C(C)=O)c1ccc(Oc2ccc(OC(F)(F)F)cc2)cc1. The maximum absolute atomic E-state index is 12.1. The van der Waals surface area contributed by atoms with Crippen LogP contribution in [-0.2, 0) is 14.3 Å². The van der Waals surface area contributed by atoms with Crippen LogP contribution in [0.4, 0.5) is 13.2 Å². The number of esters is 1. The molecule has 0 saturated heterocycles. The number of benzene rings is 2. The third-order valence-electron chi connectivity index (χ3n) is 3.44. The molecule has 0 bridgehead atoms. The second kappa shape index (κ2) is 8.57. The highest BCUT2D eigenvalue weighted by Crippen LogP contribution is 2.28. The maximum Gasteiger partial charge on any atom is 0.573 e. The summed E-state index contributed by atoms with van der Waals surface area (Å²) < 4.78 is 50.6. The van der Waals surface area contributed by atoms with Crippen molar-refractivity contribution in [2.45, 2.75) is 26.1 Å². The largest absolute Gasteiger partial charge is 0.573 e. The van der Waals surface area contributed by atoms with Gasteiger partial charge in [-0.2, -0.15) is 0 Å². The van der Waals surface area contributed by atoms with Gasteiger partial charge in [-0.3, -0.25) is 9.59 Å². The summed E-state index contributed by atoms with van der Waals surface area (Å²) in [6.07, 6.45) is -4.76. The van der Waals surface area contributed by atoms with Gasteiger partial charge < -0.3 is 14.2 Å². The first-order valence-electron chi connectivity index (χ1n) is 8.00. The average Bonchev–Trinajstić information content (AvgIpc) is 2.57. The van der Waals surface area contributed by atoms with Gasteiger partial charge in [-0.25, -0.2) is 0 Å². The molecule has 0 aliphatic carbocycles. The second-order valence-electron chi connectivity index (χ2n) is 5.49. The summed E-state index contributed by atoms with van der Waals surface area (Å²) in [4.78, 5) is 23.7. The van der Waals surface area contributed by atoms with E-state index >= 15 is 0 Å². The van der Waals surface area contributed by atoms with Crippen molar-refractivity contribution in [2.24, 2.45) is 0 Å². The molecule has 0 heterocycles. The van der Waals surface area contributed by atoms with Crippen LogP contribution < -0.4 is 9.47 Å². The molecule has 1 unspecified atom stereocenters. The minimum atomic E-state index is -4.76. The van der Waals surface area contributed by atoms with Gasteiger partial charge in [-0.1, -0.05) is 12.1 Å². The average molecular weight is 382 g/mol. The minimum absolute atomic E-state index is 0.165. The van der Waals surface area contributed by atoms with E-state index in [4.69, 9.17) is 9.47 Å². The molecular formula is C19H17F3O5. The number of halogens is 3. The lowest BCUT2D eigenvalue weighted by Gasteiger charge is -2.14. The van der Waals surface area contributed by atoms with Crippen LogP contribution in [0.5, 0.6) is 17.2 Å². The first-order valence-corrected chi connectivity index (χ1v) is 8.00. The normalized spacial score (nSPS) is 12.2. The van der Waals surface area contributed by atoms with Gasteiger partial charge >= 0.3 is 12.3 Å². The number of carbonyl (C=O) groups is 2. The highest BCUT2D eigenvalue weighted by molar-refractivity contribution is 6.03. The Labute approximate surface area is 153 Å². The van der Waals surface area contributed by atoms with Crippen molar-refractivity contribution in [2.75, 3.05) is 6.61 Å². The second-order valence-corrected chi connectivity index (χ2v) is 5.49. The van der Waals surface area contributed by atoms with Crippen molar-refractivity contribution in [3.05, 3.63) is 54.1 Å². The molecule has 1 atom stereocenters. The van der Waals surface area contributed by atoms with E-state index in [1.807, 2.05) is 0 Å². The van der Waals surface area contributed by atoms with Crippen LogP contribution in [0, 0.1) is 0 Å². The molecule has 0 spiro atoms. The van der Waals surface area contributed by atoms with Crippen LogP contribution in [0.15, 0.2) is 48.5 Å². The molecule has 27 heavy (non-hydrogen) atoms. The van der Waals surface area contributed by atoms with Gasteiger partial charge in [-0.05, 0) is 55.8 Å². The number of ketones is 1. The number of Topliss-reactive ketones (excluding diaryl/α,β-unsaturated/α-hetero) is 1. The van der Waals surface area contributed by atoms with Gasteiger partial charge in [0, 0.05) is 0 Å². The molecule has 5 nitrogen and oxygen atoms in total. The summed E-state index contributed by atoms with van der Waals surface area (Å²) in [5.74, 6) is -1.66. The zero-order valence-corrected chi connectivity index (χ0v) is 14.6. The standard InChI is InChI=1S/C19H17F3O5/c1-3-25-18(24)17(12(2)23)13-4-6-14(7-5-13)26-15-8-10-16(11-9-15)27-19(20,21)22/h4-11,17H,3H2,1-2H3. The predicted octanol–water partition coefficient (Wildman–Crippen LogP) is 4.61. The Balaban J connectivity index is 2.08. The summed E-state index contributed by atoms with van der Waals surface area (Å²) in [7, 11) is 0. The van der Waals surface area contributed by atoms with E-state index in [1.165, 1.54) is 19.1 Å². The smallest absolute Gasteiger partial charge is 0.465 e. The maximum atomic E-state index is 12.1. The van der Waals surface area contributed by atoms with Crippen LogP contribution in [0.25, 0.3) is 0 Å². The summed E-state index contributed by atoms with van der Waals surface area (Å²) >= 11 is 0. The molecule has 0 amide bonds. The molecule has 0 N–H and O–H groups in total. The fourth-order valence-electron chi connectivity index (χ4n) is 2.34. The Morgan fingerprint density at radius 1 is 0.926 bits per heavy atom. The number of alkyl halides is 3. The summed E-state index contributed by atoms with van der Waals surface area (Å²) in [6.45, 7) is 3.12. The van der Waals surface area contributed by atoms with Crippen LogP contribution >= 0.6 is 0 Å². The summed E-state index contributed by atoms with van der Waals surface area (Å²) in [6, 6.07) is 11.1. The molecule has 0 radical (unpaired) electrons. The highest BCUT2D eigenvalue weighted by Gasteiger charge is 2.31. The Morgan fingerprint density at radius 2 is 1.41 bits per heavy atom. The van der Waals surface area contributed by atoms with E-state index < -0.39 is 18.2 Å². The van der Waals surface area contributed by atoms with E-state index in [0.29, 0.717) is 17.1 Å². The van der Waals surface area contributed by atoms with E-state index in [2.05, 4.69) is 4.74 Å². The third-order valence-corrected chi connectivity index (χ3v) is 3.44. The van der Waals surface area contributed by atoms with Crippen LogP contribution in [0.3, 0.4) is 0 Å². The lowest BCUT2D eigenvalue weighted by Crippen LogP contribution is -2.22. The third kappa shape index (κ3) is 6.02. The minimum Gasteiger partial charge on any atom is -0.465 e. The molecule has 2 aromatic rings. The Bertz CT molecular complexity index is 782. The first kappa shape index (κ1) is 20.3. The summed E-state index contributed by atoms with van der Waals surface area (Å²) in [5, 5.41) is 0. The van der Waals surface area contributed by atoms with Gasteiger partial charge in [0.1, 0.15) is 28.9 Å². The number of rotatable bonds is 7. The Morgan fingerprint density at radius 3 is 1.85 bits per heavy atom. The number of hydrogen-bond acceptors (Lipinski definition) is 5. The van der Waals surface area contributed by atoms with Crippen molar-refractivity contribution in [3.63, 3.8) is 0 Å². The van der Waals surface area contributed by atoms with Gasteiger partial charge in [0.2, 0.25) is 0 Å². The van der Waals surface area contributed by atoms with Crippen molar-refractivity contribution in [1.82, 2.24) is 0 Å². The van der Waals surface area contributed by atoms with Crippen LogP contribution in [-0.4, -0.2) is 24.7 Å². The molecule has 0 saturated carbocycles.